The van der Waals surface area contributed by atoms with E-state index in [1.165, 1.54) is 24.1 Å². The van der Waals surface area contributed by atoms with Crippen molar-refractivity contribution in [2.75, 3.05) is 18.9 Å². The van der Waals surface area contributed by atoms with Gasteiger partial charge in [-0.1, -0.05) is 12.1 Å². The number of likely N-dealkylation sites (N-methyl/N-ethyl adjacent to an activating group) is 1. The predicted molar refractivity (Wildman–Crippen MR) is 133 cm³/mol. The van der Waals surface area contributed by atoms with Gasteiger partial charge in [0.1, 0.15) is 11.5 Å². The number of aliphatic imine (C=N–C) groups is 1. The van der Waals surface area contributed by atoms with Crippen LogP contribution in [0.5, 0.6) is 0 Å². The molecule has 3 N–H and O–H groups in total. The van der Waals surface area contributed by atoms with Gasteiger partial charge in [-0.15, -0.1) is 0 Å². The number of benzene rings is 1. The van der Waals surface area contributed by atoms with Crippen LogP contribution in [0, 0.1) is 6.92 Å². The van der Waals surface area contributed by atoms with E-state index in [1.54, 1.807) is 24.5 Å². The van der Waals surface area contributed by atoms with Crippen LogP contribution in [0.25, 0.3) is 0 Å². The SMILES string of the molecule is Cc1cc(C(=O)Nc2cccc(C(C)NC=CNC3=NC=C(C4=CN(C)C4)C3)c2)cnc1C(F)(F)F. The summed E-state index contributed by atoms with van der Waals surface area (Å²) in [5.41, 5.74) is 2.94. The molecule has 10 heteroatoms. The van der Waals surface area contributed by atoms with E-state index >= 15 is 0 Å². The van der Waals surface area contributed by atoms with Gasteiger partial charge in [-0.25, -0.2) is 4.99 Å². The number of nitrogens with one attached hydrogen (secondary N) is 3. The van der Waals surface area contributed by atoms with Gasteiger partial charge in [0.15, 0.2) is 0 Å². The normalized spacial score (nSPS) is 16.2. The molecule has 2 aliphatic rings. The highest BCUT2D eigenvalue weighted by atomic mass is 19.4. The summed E-state index contributed by atoms with van der Waals surface area (Å²) >= 11 is 0. The Bertz CT molecular complexity index is 1280. The number of hydrogen-bond acceptors (Lipinski definition) is 6. The zero-order valence-electron chi connectivity index (χ0n) is 20.1. The van der Waals surface area contributed by atoms with Crippen molar-refractivity contribution in [3.05, 3.63) is 94.9 Å². The lowest BCUT2D eigenvalue weighted by Crippen LogP contribution is -2.27. The van der Waals surface area contributed by atoms with Crippen LogP contribution >= 0.6 is 0 Å². The summed E-state index contributed by atoms with van der Waals surface area (Å²) in [6, 6.07) is 8.36. The Kier molecular flexibility index (Phi) is 7.14. The van der Waals surface area contributed by atoms with Crippen LogP contribution < -0.4 is 16.0 Å². The molecule has 0 saturated heterocycles. The molecule has 1 unspecified atom stereocenters. The van der Waals surface area contributed by atoms with E-state index in [0.29, 0.717) is 5.69 Å². The highest BCUT2D eigenvalue weighted by Crippen LogP contribution is 2.30. The van der Waals surface area contributed by atoms with Gasteiger partial charge in [-0.05, 0) is 54.3 Å². The molecular weight excluding hydrogens is 469 g/mol. The third-order valence-corrected chi connectivity index (χ3v) is 5.88. The number of rotatable bonds is 7. The molecule has 2 aliphatic heterocycles. The number of anilines is 1. The summed E-state index contributed by atoms with van der Waals surface area (Å²) in [5, 5.41) is 9.17. The first-order valence-electron chi connectivity index (χ1n) is 11.4. The van der Waals surface area contributed by atoms with Gasteiger partial charge in [0, 0.05) is 62.7 Å². The van der Waals surface area contributed by atoms with Crippen LogP contribution in [0.3, 0.4) is 0 Å². The van der Waals surface area contributed by atoms with Crippen LogP contribution in [0.15, 0.2) is 77.5 Å². The monoisotopic (exact) mass is 496 g/mol. The third-order valence-electron chi connectivity index (χ3n) is 5.88. The van der Waals surface area contributed by atoms with Gasteiger partial charge < -0.3 is 20.9 Å². The fourth-order valence-electron chi connectivity index (χ4n) is 3.92. The number of aryl methyl sites for hydroxylation is 1. The number of halogens is 3. The van der Waals surface area contributed by atoms with Crippen molar-refractivity contribution in [3.8, 4) is 0 Å². The molecule has 0 bridgehead atoms. The van der Waals surface area contributed by atoms with Crippen molar-refractivity contribution >= 4 is 17.4 Å². The van der Waals surface area contributed by atoms with Gasteiger partial charge in [0.05, 0.1) is 5.56 Å². The van der Waals surface area contributed by atoms with E-state index in [2.05, 4.69) is 37.0 Å². The summed E-state index contributed by atoms with van der Waals surface area (Å²) in [6.45, 7) is 4.20. The fourth-order valence-corrected chi connectivity index (χ4v) is 3.92. The number of carbonyl (C=O) groups is 1. The predicted octanol–water partition coefficient (Wildman–Crippen LogP) is 4.89. The van der Waals surface area contributed by atoms with Gasteiger partial charge >= 0.3 is 6.18 Å². The molecule has 0 saturated carbocycles. The molecule has 1 aromatic carbocycles. The Morgan fingerprint density at radius 2 is 1.97 bits per heavy atom. The van der Waals surface area contributed by atoms with E-state index in [0.717, 1.165) is 30.6 Å². The molecule has 36 heavy (non-hydrogen) atoms. The summed E-state index contributed by atoms with van der Waals surface area (Å²) in [7, 11) is 2.04. The van der Waals surface area contributed by atoms with E-state index in [1.807, 2.05) is 32.3 Å². The van der Waals surface area contributed by atoms with Crippen molar-refractivity contribution < 1.29 is 18.0 Å². The third kappa shape index (κ3) is 5.94. The average molecular weight is 497 g/mol. The molecule has 1 amide bonds. The highest BCUT2D eigenvalue weighted by molar-refractivity contribution is 6.04. The first kappa shape index (κ1) is 25.0. The van der Waals surface area contributed by atoms with Crippen molar-refractivity contribution in [2.24, 2.45) is 4.99 Å². The van der Waals surface area contributed by atoms with E-state index in [-0.39, 0.29) is 17.2 Å². The number of carbonyl (C=O) groups excluding carboxylic acids is 1. The Labute approximate surface area is 207 Å². The Morgan fingerprint density at radius 1 is 1.19 bits per heavy atom. The second-order valence-electron chi connectivity index (χ2n) is 8.81. The van der Waals surface area contributed by atoms with E-state index < -0.39 is 17.8 Å². The van der Waals surface area contributed by atoms with Crippen LogP contribution in [-0.2, 0) is 6.18 Å². The standard InChI is InChI=1S/C26H27F3N6O/c1-16-9-20(13-33-24(16)26(27,28)29)25(36)34-22-6-4-5-18(10-22)17(2)30-7-8-31-23-11-19(12-32-23)21-14-35(3)15-21/h4-10,12-14,17,30H,11,15H2,1-3H3,(H,31,32)(H,34,36). The van der Waals surface area contributed by atoms with E-state index in [4.69, 9.17) is 0 Å². The zero-order valence-corrected chi connectivity index (χ0v) is 20.1. The second-order valence-corrected chi connectivity index (χ2v) is 8.81. The minimum absolute atomic E-state index is 0.0548. The zero-order chi connectivity index (χ0) is 25.9. The first-order chi connectivity index (χ1) is 17.1. The van der Waals surface area contributed by atoms with Crippen LogP contribution in [0.2, 0.25) is 0 Å². The van der Waals surface area contributed by atoms with Crippen LogP contribution in [0.1, 0.15) is 46.6 Å². The van der Waals surface area contributed by atoms with Gasteiger partial charge in [0.25, 0.3) is 5.91 Å². The Hall–Kier alpha value is -4.08. The summed E-state index contributed by atoms with van der Waals surface area (Å²) < 4.78 is 38.8. The molecular formula is C26H27F3N6O. The first-order valence-corrected chi connectivity index (χ1v) is 11.4. The molecule has 1 aromatic heterocycles. The quantitative estimate of drug-likeness (QED) is 0.509. The lowest BCUT2D eigenvalue weighted by Gasteiger charge is -2.27. The van der Waals surface area contributed by atoms with Crippen molar-refractivity contribution in [1.82, 2.24) is 20.5 Å². The van der Waals surface area contributed by atoms with Gasteiger partial charge in [-0.2, -0.15) is 13.2 Å². The number of amides is 1. The Morgan fingerprint density at radius 3 is 2.67 bits per heavy atom. The summed E-state index contributed by atoms with van der Waals surface area (Å²) in [4.78, 5) is 22.5. The highest BCUT2D eigenvalue weighted by Gasteiger charge is 2.34. The molecule has 0 aliphatic carbocycles. The minimum atomic E-state index is -4.56. The molecule has 1 atom stereocenters. The molecule has 2 aromatic rings. The number of aromatic nitrogens is 1. The fraction of sp³-hybridized carbons (Fsp3) is 0.269. The van der Waals surface area contributed by atoms with E-state index in [9.17, 15) is 18.0 Å². The molecule has 4 rings (SSSR count). The molecule has 0 fully saturated rings. The van der Waals surface area contributed by atoms with Gasteiger partial charge in [0.2, 0.25) is 0 Å². The Balaban J connectivity index is 1.29. The summed E-state index contributed by atoms with van der Waals surface area (Å²) in [6.07, 6.45) is 4.74. The molecule has 0 spiro atoms. The molecule has 188 valence electrons. The summed E-state index contributed by atoms with van der Waals surface area (Å²) in [5.74, 6) is 0.347. The largest absolute Gasteiger partial charge is 0.433 e. The topological polar surface area (TPSA) is 81.7 Å². The van der Waals surface area contributed by atoms with Crippen LogP contribution in [0.4, 0.5) is 18.9 Å². The maximum atomic E-state index is 12.9. The van der Waals surface area contributed by atoms with Crippen LogP contribution in [-0.4, -0.2) is 35.2 Å². The number of pyridine rings is 1. The maximum Gasteiger partial charge on any atom is 0.433 e. The second kappa shape index (κ2) is 10.3. The minimum Gasteiger partial charge on any atom is -0.383 e. The molecule has 0 radical (unpaired) electrons. The average Bonchev–Trinajstić information content (AvgIpc) is 3.27. The molecule has 7 nitrogen and oxygen atoms in total. The smallest absolute Gasteiger partial charge is 0.383 e. The number of amidine groups is 1. The number of nitrogens with zero attached hydrogens (tertiary/aromatic N) is 3. The maximum absolute atomic E-state index is 12.9. The van der Waals surface area contributed by atoms with Crippen molar-refractivity contribution in [3.63, 3.8) is 0 Å². The van der Waals surface area contributed by atoms with Crippen molar-refractivity contribution in [2.45, 2.75) is 32.5 Å². The number of alkyl halides is 3. The van der Waals surface area contributed by atoms with Gasteiger partial charge in [-0.3, -0.25) is 9.78 Å². The van der Waals surface area contributed by atoms with Crippen molar-refractivity contribution in [1.29, 1.82) is 0 Å². The lowest BCUT2D eigenvalue weighted by molar-refractivity contribution is -0.141. The number of hydrogen-bond donors (Lipinski definition) is 3. The molecule has 3 heterocycles. The lowest BCUT2D eigenvalue weighted by atomic mass is 10.0.